The quantitative estimate of drug-likeness (QED) is 0.790. The average Bonchev–Trinajstić information content (AvgIpc) is 2.47. The van der Waals surface area contributed by atoms with E-state index >= 15 is 0 Å². The van der Waals surface area contributed by atoms with Crippen LogP contribution >= 0.6 is 11.6 Å². The number of rotatable bonds is 3. The van der Waals surface area contributed by atoms with E-state index in [1.54, 1.807) is 4.90 Å². The van der Waals surface area contributed by atoms with Crippen molar-refractivity contribution in [2.75, 3.05) is 20.1 Å². The molecule has 0 spiro atoms. The maximum Gasteiger partial charge on any atom is 0.410 e. The molecular weight excluding hydrogens is 314 g/mol. The molecule has 0 saturated carbocycles. The van der Waals surface area contributed by atoms with Gasteiger partial charge in [-0.05, 0) is 51.8 Å². The minimum atomic E-state index is -0.464. The van der Waals surface area contributed by atoms with Crippen molar-refractivity contribution in [3.63, 3.8) is 0 Å². The first kappa shape index (κ1) is 18.0. The minimum Gasteiger partial charge on any atom is -0.444 e. The Labute approximate surface area is 143 Å². The van der Waals surface area contributed by atoms with Crippen LogP contribution in [-0.2, 0) is 11.3 Å². The largest absolute Gasteiger partial charge is 0.444 e. The predicted molar refractivity (Wildman–Crippen MR) is 91.5 cm³/mol. The molecular formula is C17H26ClN3O2. The van der Waals surface area contributed by atoms with Crippen LogP contribution in [0.25, 0.3) is 0 Å². The average molecular weight is 340 g/mol. The van der Waals surface area contributed by atoms with E-state index in [1.165, 1.54) is 0 Å². The van der Waals surface area contributed by atoms with Crippen molar-refractivity contribution >= 4 is 17.7 Å². The Bertz CT molecular complexity index is 528. The van der Waals surface area contributed by atoms with Gasteiger partial charge in [0.1, 0.15) is 10.8 Å². The second kappa shape index (κ2) is 7.49. The molecule has 1 fully saturated rings. The van der Waals surface area contributed by atoms with Crippen LogP contribution in [0.15, 0.2) is 18.3 Å². The molecule has 6 heteroatoms. The topological polar surface area (TPSA) is 45.7 Å². The van der Waals surface area contributed by atoms with Crippen molar-refractivity contribution in [1.82, 2.24) is 14.8 Å². The highest BCUT2D eigenvalue weighted by atomic mass is 35.5. The molecule has 0 aromatic carbocycles. The van der Waals surface area contributed by atoms with Crippen molar-refractivity contribution in [2.24, 2.45) is 0 Å². The highest BCUT2D eigenvalue weighted by Gasteiger charge is 2.29. The van der Waals surface area contributed by atoms with Crippen molar-refractivity contribution in [3.8, 4) is 0 Å². The van der Waals surface area contributed by atoms with Gasteiger partial charge in [-0.15, -0.1) is 0 Å². The Morgan fingerprint density at radius 3 is 2.83 bits per heavy atom. The molecule has 5 nitrogen and oxygen atoms in total. The van der Waals surface area contributed by atoms with Crippen LogP contribution < -0.4 is 0 Å². The summed E-state index contributed by atoms with van der Waals surface area (Å²) < 4.78 is 5.46. The van der Waals surface area contributed by atoms with E-state index in [9.17, 15) is 4.79 Å². The van der Waals surface area contributed by atoms with Crippen LogP contribution in [0.5, 0.6) is 0 Å². The van der Waals surface area contributed by atoms with E-state index in [0.717, 1.165) is 38.0 Å². The molecule has 1 saturated heterocycles. The van der Waals surface area contributed by atoms with Gasteiger partial charge in [0.05, 0.1) is 0 Å². The van der Waals surface area contributed by atoms with Crippen molar-refractivity contribution in [3.05, 3.63) is 29.0 Å². The summed E-state index contributed by atoms with van der Waals surface area (Å²) in [6, 6.07) is 3.99. The second-order valence-corrected chi connectivity index (χ2v) is 7.50. The molecule has 128 valence electrons. The summed E-state index contributed by atoms with van der Waals surface area (Å²) in [4.78, 5) is 20.4. The number of ether oxygens (including phenoxy) is 1. The lowest BCUT2D eigenvalue weighted by atomic mass is 10.0. The monoisotopic (exact) mass is 339 g/mol. The first-order valence-electron chi connectivity index (χ1n) is 8.03. The van der Waals surface area contributed by atoms with Gasteiger partial charge in [-0.1, -0.05) is 17.7 Å². The van der Waals surface area contributed by atoms with Gasteiger partial charge in [0.25, 0.3) is 0 Å². The van der Waals surface area contributed by atoms with E-state index in [4.69, 9.17) is 16.3 Å². The number of pyridine rings is 1. The van der Waals surface area contributed by atoms with E-state index < -0.39 is 5.60 Å². The second-order valence-electron chi connectivity index (χ2n) is 7.11. The Hall–Kier alpha value is -1.33. The lowest BCUT2D eigenvalue weighted by Crippen LogP contribution is -2.49. The Morgan fingerprint density at radius 2 is 2.22 bits per heavy atom. The molecule has 1 atom stereocenters. The third-order valence-corrected chi connectivity index (χ3v) is 4.13. The van der Waals surface area contributed by atoms with Crippen LogP contribution in [0.2, 0.25) is 5.15 Å². The molecule has 1 aromatic rings. The fraction of sp³-hybridized carbons (Fsp3) is 0.647. The molecule has 0 radical (unpaired) electrons. The number of hydrogen-bond acceptors (Lipinski definition) is 4. The molecule has 2 heterocycles. The molecule has 0 unspecified atom stereocenters. The Morgan fingerprint density at radius 1 is 1.48 bits per heavy atom. The van der Waals surface area contributed by atoms with Gasteiger partial charge in [0.2, 0.25) is 0 Å². The minimum absolute atomic E-state index is 0.179. The normalized spacial score (nSPS) is 19.4. The van der Waals surface area contributed by atoms with Gasteiger partial charge < -0.3 is 9.64 Å². The molecule has 2 rings (SSSR count). The van der Waals surface area contributed by atoms with Crippen LogP contribution in [0.4, 0.5) is 4.79 Å². The van der Waals surface area contributed by atoms with E-state index in [1.807, 2.05) is 46.1 Å². The van der Waals surface area contributed by atoms with E-state index in [-0.39, 0.29) is 12.1 Å². The molecule has 1 aliphatic rings. The third-order valence-electron chi connectivity index (χ3n) is 3.90. The lowest BCUT2D eigenvalue weighted by Gasteiger charge is -2.38. The molecule has 0 aliphatic carbocycles. The number of carbonyl (C=O) groups excluding carboxylic acids is 1. The molecule has 23 heavy (non-hydrogen) atoms. The van der Waals surface area contributed by atoms with Gasteiger partial charge in [0, 0.05) is 32.4 Å². The molecule has 1 aliphatic heterocycles. The van der Waals surface area contributed by atoms with E-state index in [2.05, 4.69) is 9.88 Å². The summed E-state index contributed by atoms with van der Waals surface area (Å²) in [5.41, 5.74) is 0.671. The molecule has 1 amide bonds. The van der Waals surface area contributed by atoms with Gasteiger partial charge >= 0.3 is 6.09 Å². The van der Waals surface area contributed by atoms with Crippen LogP contribution in [0.3, 0.4) is 0 Å². The number of nitrogens with zero attached hydrogens (tertiary/aromatic N) is 3. The van der Waals surface area contributed by atoms with Gasteiger partial charge in [-0.3, -0.25) is 4.90 Å². The highest BCUT2D eigenvalue weighted by Crippen LogP contribution is 2.19. The first-order valence-corrected chi connectivity index (χ1v) is 8.41. The lowest BCUT2D eigenvalue weighted by molar-refractivity contribution is 0.0130. The van der Waals surface area contributed by atoms with Crippen LogP contribution in [0.1, 0.15) is 39.2 Å². The highest BCUT2D eigenvalue weighted by molar-refractivity contribution is 6.29. The maximum atomic E-state index is 12.2. The van der Waals surface area contributed by atoms with Crippen molar-refractivity contribution in [2.45, 2.75) is 51.8 Å². The SMILES string of the molecule is CN(C(=O)OC(C)(C)C)[C@@H]1CCCN(Cc2ccc(Cl)nc2)C1. The fourth-order valence-electron chi connectivity index (χ4n) is 2.73. The summed E-state index contributed by atoms with van der Waals surface area (Å²) in [5.74, 6) is 0. The zero-order valence-electron chi connectivity index (χ0n) is 14.4. The zero-order valence-corrected chi connectivity index (χ0v) is 15.1. The van der Waals surface area contributed by atoms with Gasteiger partial charge in [-0.25, -0.2) is 9.78 Å². The number of halogens is 1. The molecule has 0 N–H and O–H groups in total. The Balaban J connectivity index is 1.92. The number of likely N-dealkylation sites (N-methyl/N-ethyl adjacent to an activating group) is 1. The van der Waals surface area contributed by atoms with E-state index in [0.29, 0.717) is 5.15 Å². The molecule has 0 bridgehead atoms. The standard InChI is InChI=1S/C17H26ClN3O2/c1-17(2,3)23-16(22)20(4)14-6-5-9-21(12-14)11-13-7-8-15(18)19-10-13/h7-8,10,14H,5-6,9,11-12H2,1-4H3/t14-/m1/s1. The number of piperidine rings is 1. The Kier molecular flexibility index (Phi) is 5.87. The van der Waals surface area contributed by atoms with Crippen molar-refractivity contribution in [1.29, 1.82) is 0 Å². The summed E-state index contributed by atoms with van der Waals surface area (Å²) in [6.07, 6.45) is 3.63. The van der Waals surface area contributed by atoms with Gasteiger partial charge in [-0.2, -0.15) is 0 Å². The number of hydrogen-bond donors (Lipinski definition) is 0. The maximum absolute atomic E-state index is 12.2. The number of carbonyl (C=O) groups is 1. The molecule has 1 aromatic heterocycles. The summed E-state index contributed by atoms with van der Waals surface area (Å²) in [5, 5.41) is 0.509. The van der Waals surface area contributed by atoms with Crippen LogP contribution in [-0.4, -0.2) is 52.7 Å². The predicted octanol–water partition coefficient (Wildman–Crippen LogP) is 3.57. The number of aromatic nitrogens is 1. The number of likely N-dealkylation sites (tertiary alicyclic amines) is 1. The summed E-state index contributed by atoms with van der Waals surface area (Å²) >= 11 is 5.82. The first-order chi connectivity index (χ1) is 10.7. The third kappa shape index (κ3) is 5.66. The zero-order chi connectivity index (χ0) is 17.0. The summed E-state index contributed by atoms with van der Waals surface area (Å²) in [7, 11) is 1.83. The fourth-order valence-corrected chi connectivity index (χ4v) is 2.84. The van der Waals surface area contributed by atoms with Gasteiger partial charge in [0.15, 0.2) is 0 Å². The summed E-state index contributed by atoms with van der Waals surface area (Å²) in [6.45, 7) is 8.36. The van der Waals surface area contributed by atoms with Crippen LogP contribution in [0, 0.1) is 0 Å². The van der Waals surface area contributed by atoms with Crippen molar-refractivity contribution < 1.29 is 9.53 Å². The number of amides is 1. The smallest absolute Gasteiger partial charge is 0.410 e.